The third-order valence-corrected chi connectivity index (χ3v) is 3.43. The molecule has 1 aliphatic rings. The molecule has 1 aromatic rings. The third kappa shape index (κ3) is 1.93. The second kappa shape index (κ2) is 4.18. The minimum atomic E-state index is -0.488. The molecule has 0 aliphatic carbocycles. The van der Waals surface area contributed by atoms with Crippen LogP contribution in [-0.4, -0.2) is 13.2 Å². The lowest BCUT2D eigenvalue weighted by Gasteiger charge is -2.15. The lowest BCUT2D eigenvalue weighted by atomic mass is 9.97. The van der Waals surface area contributed by atoms with Gasteiger partial charge in [-0.2, -0.15) is 0 Å². The summed E-state index contributed by atoms with van der Waals surface area (Å²) < 4.78 is 32.2. The van der Waals surface area contributed by atoms with Gasteiger partial charge in [0.25, 0.3) is 0 Å². The van der Waals surface area contributed by atoms with Gasteiger partial charge in [0.2, 0.25) is 0 Å². The Balaban J connectivity index is 2.63. The van der Waals surface area contributed by atoms with E-state index < -0.39 is 11.6 Å². The molecule has 0 radical (unpaired) electrons. The van der Waals surface area contributed by atoms with Crippen LogP contribution < -0.4 is 0 Å². The molecule has 0 fully saturated rings. The van der Waals surface area contributed by atoms with E-state index in [2.05, 4.69) is 15.9 Å². The number of fused-ring (bicyclic) bond motifs is 1. The fraction of sp³-hybridized carbons (Fsp3) is 0.455. The molecule has 0 spiro atoms. The number of benzene rings is 1. The number of hydrogen-bond donors (Lipinski definition) is 0. The molecule has 0 N–H and O–H groups in total. The molecule has 2 rings (SSSR count). The number of halogens is 3. The molecule has 0 amide bonds. The molecule has 0 bridgehead atoms. The largest absolute Gasteiger partial charge is 0.380 e. The first kappa shape index (κ1) is 11.0. The van der Waals surface area contributed by atoms with Crippen LogP contribution in [0.1, 0.15) is 21.5 Å². The topological polar surface area (TPSA) is 9.23 Å². The summed E-state index contributed by atoms with van der Waals surface area (Å²) in [7, 11) is 0. The van der Waals surface area contributed by atoms with Gasteiger partial charge in [-0.15, -0.1) is 0 Å². The van der Waals surface area contributed by atoms with Crippen molar-refractivity contribution in [1.82, 2.24) is 0 Å². The Hall–Kier alpha value is -0.480. The number of hydrogen-bond acceptors (Lipinski definition) is 1. The highest BCUT2D eigenvalue weighted by atomic mass is 79.9. The van der Waals surface area contributed by atoms with Gasteiger partial charge in [0, 0.05) is 6.07 Å². The fourth-order valence-electron chi connectivity index (χ4n) is 1.91. The highest BCUT2D eigenvalue weighted by molar-refractivity contribution is 9.09. The van der Waals surface area contributed by atoms with Crippen LogP contribution in [0.15, 0.2) is 6.07 Å². The number of alkyl halides is 1. The van der Waals surface area contributed by atoms with Gasteiger partial charge in [0.1, 0.15) is 11.6 Å². The Labute approximate surface area is 95.6 Å². The lowest BCUT2D eigenvalue weighted by Crippen LogP contribution is -2.05. The van der Waals surface area contributed by atoms with Crippen LogP contribution in [0.3, 0.4) is 0 Å². The van der Waals surface area contributed by atoms with Crippen molar-refractivity contribution in [2.45, 2.75) is 18.2 Å². The van der Waals surface area contributed by atoms with Crippen molar-refractivity contribution < 1.29 is 13.5 Å². The van der Waals surface area contributed by atoms with Crippen LogP contribution in [0, 0.1) is 18.6 Å². The molecule has 0 saturated carbocycles. The summed E-state index contributed by atoms with van der Waals surface area (Å²) in [5.41, 5.74) is 1.80. The molecule has 1 nitrogen and oxygen atoms in total. The van der Waals surface area contributed by atoms with Crippen LogP contribution >= 0.6 is 15.9 Å². The van der Waals surface area contributed by atoms with Crippen molar-refractivity contribution in [3.05, 3.63) is 34.4 Å². The second-order valence-electron chi connectivity index (χ2n) is 3.65. The molecule has 4 heteroatoms. The Morgan fingerprint density at radius 1 is 1.40 bits per heavy atom. The van der Waals surface area contributed by atoms with E-state index >= 15 is 0 Å². The van der Waals surface area contributed by atoms with Gasteiger partial charge in [-0.1, -0.05) is 15.9 Å². The fourth-order valence-corrected chi connectivity index (χ4v) is 2.72. The number of rotatable bonds is 0. The van der Waals surface area contributed by atoms with Gasteiger partial charge < -0.3 is 4.74 Å². The first-order valence-electron chi connectivity index (χ1n) is 4.80. The summed E-state index contributed by atoms with van der Waals surface area (Å²) in [6.07, 6.45) is 0.504. The Kier molecular flexibility index (Phi) is 3.07. The molecule has 1 aliphatic heterocycles. The maximum atomic E-state index is 13.5. The molecule has 1 heterocycles. The summed E-state index contributed by atoms with van der Waals surface area (Å²) in [5, 5.41) is 0. The molecule has 1 aromatic carbocycles. The van der Waals surface area contributed by atoms with Crippen molar-refractivity contribution in [2.75, 3.05) is 13.2 Å². The second-order valence-corrected chi connectivity index (χ2v) is 4.76. The average molecular weight is 277 g/mol. The van der Waals surface area contributed by atoms with Crippen molar-refractivity contribution in [2.24, 2.45) is 0 Å². The Morgan fingerprint density at radius 2 is 2.13 bits per heavy atom. The quantitative estimate of drug-likeness (QED) is 0.661. The van der Waals surface area contributed by atoms with E-state index in [9.17, 15) is 8.78 Å². The van der Waals surface area contributed by atoms with E-state index in [1.54, 1.807) is 6.92 Å². The summed E-state index contributed by atoms with van der Waals surface area (Å²) >= 11 is 3.40. The zero-order valence-corrected chi connectivity index (χ0v) is 9.90. The van der Waals surface area contributed by atoms with E-state index in [-0.39, 0.29) is 4.83 Å². The molecular weight excluding hydrogens is 266 g/mol. The summed E-state index contributed by atoms with van der Waals surface area (Å²) in [4.78, 5) is -0.125. The number of ether oxygens (including phenoxy) is 1. The van der Waals surface area contributed by atoms with Gasteiger partial charge in [0.15, 0.2) is 0 Å². The van der Waals surface area contributed by atoms with E-state index in [4.69, 9.17) is 4.74 Å². The van der Waals surface area contributed by atoms with E-state index in [0.717, 1.165) is 6.07 Å². The summed E-state index contributed by atoms with van der Waals surface area (Å²) in [6, 6.07) is 0.958. The maximum Gasteiger partial charge on any atom is 0.129 e. The van der Waals surface area contributed by atoms with Gasteiger partial charge in [0.05, 0.1) is 18.0 Å². The SMILES string of the molecule is Cc1c(F)cc(F)c2c1C(Br)COCC2. The Morgan fingerprint density at radius 3 is 2.87 bits per heavy atom. The molecular formula is C11H11BrF2O. The monoisotopic (exact) mass is 276 g/mol. The first-order valence-corrected chi connectivity index (χ1v) is 5.72. The summed E-state index contributed by atoms with van der Waals surface area (Å²) in [6.45, 7) is 2.61. The smallest absolute Gasteiger partial charge is 0.129 e. The molecule has 1 atom stereocenters. The maximum absolute atomic E-state index is 13.5. The van der Waals surface area contributed by atoms with Gasteiger partial charge in [-0.05, 0) is 30.0 Å². The summed E-state index contributed by atoms with van der Waals surface area (Å²) in [5.74, 6) is -0.958. The van der Waals surface area contributed by atoms with E-state index in [1.807, 2.05) is 0 Å². The normalized spacial score (nSPS) is 20.9. The Bertz CT molecular complexity index is 393. The van der Waals surface area contributed by atoms with Crippen molar-refractivity contribution in [1.29, 1.82) is 0 Å². The molecule has 1 unspecified atom stereocenters. The lowest BCUT2D eigenvalue weighted by molar-refractivity contribution is 0.145. The van der Waals surface area contributed by atoms with Crippen LogP contribution in [-0.2, 0) is 11.2 Å². The van der Waals surface area contributed by atoms with Gasteiger partial charge in [-0.25, -0.2) is 8.78 Å². The predicted molar refractivity (Wildman–Crippen MR) is 57.3 cm³/mol. The predicted octanol–water partition coefficient (Wildman–Crippen LogP) is 3.28. The zero-order valence-electron chi connectivity index (χ0n) is 8.32. The standard InChI is InChI=1S/C11H11BrF2O/c1-6-9(13)4-10(14)7-2-3-15-5-8(12)11(6)7/h4,8H,2-3,5H2,1H3. The highest BCUT2D eigenvalue weighted by Gasteiger charge is 2.23. The average Bonchev–Trinajstić information content (AvgIpc) is 2.37. The highest BCUT2D eigenvalue weighted by Crippen LogP contribution is 2.34. The zero-order chi connectivity index (χ0) is 11.0. The van der Waals surface area contributed by atoms with Crippen LogP contribution in [0.4, 0.5) is 8.78 Å². The van der Waals surface area contributed by atoms with Gasteiger partial charge >= 0.3 is 0 Å². The minimum absolute atomic E-state index is 0.125. The molecule has 0 aromatic heterocycles. The van der Waals surface area contributed by atoms with E-state index in [0.29, 0.717) is 36.3 Å². The third-order valence-electron chi connectivity index (χ3n) is 2.70. The van der Waals surface area contributed by atoms with E-state index in [1.165, 1.54) is 0 Å². The van der Waals surface area contributed by atoms with Crippen molar-refractivity contribution >= 4 is 15.9 Å². The molecule has 0 saturated heterocycles. The minimum Gasteiger partial charge on any atom is -0.380 e. The molecule has 15 heavy (non-hydrogen) atoms. The molecule has 82 valence electrons. The van der Waals surface area contributed by atoms with Crippen molar-refractivity contribution in [3.63, 3.8) is 0 Å². The van der Waals surface area contributed by atoms with Crippen LogP contribution in [0.25, 0.3) is 0 Å². The first-order chi connectivity index (χ1) is 7.11. The van der Waals surface area contributed by atoms with Crippen LogP contribution in [0.5, 0.6) is 0 Å². The van der Waals surface area contributed by atoms with Crippen molar-refractivity contribution in [3.8, 4) is 0 Å². The van der Waals surface area contributed by atoms with Gasteiger partial charge in [-0.3, -0.25) is 0 Å². The van der Waals surface area contributed by atoms with Crippen LogP contribution in [0.2, 0.25) is 0 Å².